The summed E-state index contributed by atoms with van der Waals surface area (Å²) >= 11 is 6.26. The number of benzene rings is 2. The molecular weight excluding hydrogens is 382 g/mol. The summed E-state index contributed by atoms with van der Waals surface area (Å²) < 4.78 is 6.04. The number of hydrogen-bond acceptors (Lipinski definition) is 6. The Morgan fingerprint density at radius 1 is 1.18 bits per heavy atom. The molecule has 0 spiro atoms. The highest BCUT2D eigenvalue weighted by molar-refractivity contribution is 6.33. The number of piperidine rings is 1. The van der Waals surface area contributed by atoms with Gasteiger partial charge in [0, 0.05) is 42.3 Å². The molecule has 4 N–H and O–H groups in total. The number of aliphatic hydroxyl groups is 1. The Kier molecular flexibility index (Phi) is 5.02. The zero-order valence-corrected chi connectivity index (χ0v) is 15.7. The van der Waals surface area contributed by atoms with Gasteiger partial charge >= 0.3 is 0 Å². The smallest absolute Gasteiger partial charge is 0.197 e. The van der Waals surface area contributed by atoms with Crippen LogP contribution in [0.5, 0.6) is 11.5 Å². The highest BCUT2D eigenvalue weighted by atomic mass is 35.5. The molecule has 1 aromatic heterocycles. The molecule has 2 atom stereocenters. The van der Waals surface area contributed by atoms with Gasteiger partial charge in [0.1, 0.15) is 28.2 Å². The second kappa shape index (κ2) is 7.47. The standard InChI is InChI=1S/C21H20ClNO5/c22-14-4-2-1-3-13(14)18-8-17(27)20-16(26)7-15(25)19(21(20)28-18)12-5-6-23-9-11(12)10-24/h1-4,7-8,11-12,23-26H,5-6,9-10H2/t11-,12+/m0/s1. The van der Waals surface area contributed by atoms with Crippen LogP contribution >= 0.6 is 11.6 Å². The Hall–Kier alpha value is -2.54. The van der Waals surface area contributed by atoms with Crippen LogP contribution in [0.15, 0.2) is 45.6 Å². The molecule has 7 heteroatoms. The first-order valence-electron chi connectivity index (χ1n) is 9.10. The van der Waals surface area contributed by atoms with Crippen molar-refractivity contribution in [3.05, 3.63) is 57.2 Å². The monoisotopic (exact) mass is 401 g/mol. The van der Waals surface area contributed by atoms with E-state index >= 15 is 0 Å². The molecule has 0 amide bonds. The molecular formula is C21H20ClNO5. The summed E-state index contributed by atoms with van der Waals surface area (Å²) in [5, 5.41) is 34.3. The van der Waals surface area contributed by atoms with Gasteiger partial charge in [-0.05, 0) is 31.0 Å². The zero-order valence-electron chi connectivity index (χ0n) is 15.0. The third-order valence-electron chi connectivity index (χ3n) is 5.35. The van der Waals surface area contributed by atoms with Crippen molar-refractivity contribution in [3.63, 3.8) is 0 Å². The minimum absolute atomic E-state index is 0.0128. The number of rotatable bonds is 3. The van der Waals surface area contributed by atoms with Crippen molar-refractivity contribution in [1.29, 1.82) is 0 Å². The predicted molar refractivity (Wildman–Crippen MR) is 107 cm³/mol. The quantitative estimate of drug-likeness (QED) is 0.537. The van der Waals surface area contributed by atoms with Gasteiger partial charge in [0.15, 0.2) is 5.43 Å². The Morgan fingerprint density at radius 3 is 2.71 bits per heavy atom. The van der Waals surface area contributed by atoms with E-state index in [4.69, 9.17) is 16.0 Å². The topological polar surface area (TPSA) is 103 Å². The summed E-state index contributed by atoms with van der Waals surface area (Å²) in [5.74, 6) is -0.621. The fraction of sp³-hybridized carbons (Fsp3) is 0.286. The van der Waals surface area contributed by atoms with E-state index in [1.165, 1.54) is 12.1 Å². The number of phenolic OH excluding ortho intramolecular Hbond substituents is 2. The lowest BCUT2D eigenvalue weighted by molar-refractivity contribution is 0.178. The minimum atomic E-state index is -0.426. The fourth-order valence-electron chi connectivity index (χ4n) is 3.97. The van der Waals surface area contributed by atoms with Gasteiger partial charge < -0.3 is 25.1 Å². The zero-order chi connectivity index (χ0) is 19.8. The van der Waals surface area contributed by atoms with E-state index in [-0.39, 0.29) is 46.7 Å². The van der Waals surface area contributed by atoms with Crippen LogP contribution in [0, 0.1) is 5.92 Å². The molecule has 0 bridgehead atoms. The highest BCUT2D eigenvalue weighted by Crippen LogP contribution is 2.43. The SMILES string of the molecule is O=c1cc(-c2ccccc2Cl)oc2c([C@@H]3CCNC[C@H]3CO)c(O)cc(O)c12. The van der Waals surface area contributed by atoms with Crippen LogP contribution in [0.3, 0.4) is 0 Å². The van der Waals surface area contributed by atoms with Crippen LogP contribution in [0.1, 0.15) is 17.9 Å². The minimum Gasteiger partial charge on any atom is -0.507 e. The second-order valence-corrected chi connectivity index (χ2v) is 7.44. The van der Waals surface area contributed by atoms with E-state index < -0.39 is 5.43 Å². The van der Waals surface area contributed by atoms with Crippen molar-refractivity contribution in [1.82, 2.24) is 5.32 Å². The van der Waals surface area contributed by atoms with Crippen molar-refractivity contribution in [2.75, 3.05) is 19.7 Å². The van der Waals surface area contributed by atoms with E-state index in [9.17, 15) is 20.1 Å². The van der Waals surface area contributed by atoms with Crippen LogP contribution in [0.25, 0.3) is 22.3 Å². The Bertz CT molecular complexity index is 1090. The predicted octanol–water partition coefficient (Wildman–Crippen LogP) is 3.21. The van der Waals surface area contributed by atoms with Crippen LogP contribution in [0.4, 0.5) is 0 Å². The molecule has 28 heavy (non-hydrogen) atoms. The summed E-state index contributed by atoms with van der Waals surface area (Å²) in [4.78, 5) is 12.8. The maximum absolute atomic E-state index is 12.8. The van der Waals surface area contributed by atoms with Gasteiger partial charge in [-0.2, -0.15) is 0 Å². The number of halogens is 1. The van der Waals surface area contributed by atoms with Gasteiger partial charge in [-0.3, -0.25) is 4.79 Å². The van der Waals surface area contributed by atoms with Gasteiger partial charge in [0.25, 0.3) is 0 Å². The maximum atomic E-state index is 12.8. The van der Waals surface area contributed by atoms with Crippen molar-refractivity contribution in [2.45, 2.75) is 12.3 Å². The molecule has 0 unspecified atom stereocenters. The lowest BCUT2D eigenvalue weighted by atomic mass is 9.80. The molecule has 0 radical (unpaired) electrons. The average molecular weight is 402 g/mol. The van der Waals surface area contributed by atoms with E-state index in [2.05, 4.69) is 5.32 Å². The molecule has 3 aromatic rings. The van der Waals surface area contributed by atoms with E-state index in [0.717, 1.165) is 0 Å². The molecule has 2 aromatic carbocycles. The molecule has 1 aliphatic heterocycles. The van der Waals surface area contributed by atoms with Crippen LogP contribution < -0.4 is 10.7 Å². The summed E-state index contributed by atoms with van der Waals surface area (Å²) in [6.07, 6.45) is 0.651. The van der Waals surface area contributed by atoms with Crippen molar-refractivity contribution in [2.24, 2.45) is 5.92 Å². The largest absolute Gasteiger partial charge is 0.507 e. The normalized spacial score (nSPS) is 19.8. The second-order valence-electron chi connectivity index (χ2n) is 7.03. The Labute approximate surface area is 166 Å². The number of hydrogen-bond donors (Lipinski definition) is 4. The van der Waals surface area contributed by atoms with Gasteiger partial charge in [0.05, 0.1) is 5.02 Å². The average Bonchev–Trinajstić information content (AvgIpc) is 2.68. The van der Waals surface area contributed by atoms with Gasteiger partial charge in [-0.15, -0.1) is 0 Å². The molecule has 0 saturated carbocycles. The fourth-order valence-corrected chi connectivity index (χ4v) is 4.20. The lowest BCUT2D eigenvalue weighted by Crippen LogP contribution is -2.37. The number of aromatic hydroxyl groups is 2. The van der Waals surface area contributed by atoms with Gasteiger partial charge in [0.2, 0.25) is 0 Å². The van der Waals surface area contributed by atoms with Crippen molar-refractivity contribution < 1.29 is 19.7 Å². The number of nitrogens with one attached hydrogen (secondary N) is 1. The van der Waals surface area contributed by atoms with Crippen LogP contribution in [-0.4, -0.2) is 35.0 Å². The summed E-state index contributed by atoms with van der Waals surface area (Å²) in [5.41, 5.74) is 0.676. The molecule has 1 saturated heterocycles. The Balaban J connectivity index is 2.02. The third kappa shape index (κ3) is 3.13. The van der Waals surface area contributed by atoms with Crippen molar-refractivity contribution in [3.8, 4) is 22.8 Å². The first-order valence-corrected chi connectivity index (χ1v) is 9.48. The molecule has 0 aliphatic carbocycles. The molecule has 146 valence electrons. The summed E-state index contributed by atoms with van der Waals surface area (Å²) in [6.45, 7) is 1.21. The lowest BCUT2D eigenvalue weighted by Gasteiger charge is -2.32. The maximum Gasteiger partial charge on any atom is 0.197 e. The van der Waals surface area contributed by atoms with Crippen LogP contribution in [0.2, 0.25) is 5.02 Å². The van der Waals surface area contributed by atoms with Crippen LogP contribution in [-0.2, 0) is 0 Å². The first kappa shape index (κ1) is 18.8. The Morgan fingerprint density at radius 2 is 1.96 bits per heavy atom. The first-order chi connectivity index (χ1) is 13.5. The molecule has 2 heterocycles. The van der Waals surface area contributed by atoms with Gasteiger partial charge in [-0.1, -0.05) is 23.7 Å². The number of phenols is 2. The highest BCUT2D eigenvalue weighted by Gasteiger charge is 2.32. The number of aliphatic hydroxyl groups excluding tert-OH is 1. The molecule has 1 fully saturated rings. The molecule has 4 rings (SSSR count). The summed E-state index contributed by atoms with van der Waals surface area (Å²) in [7, 11) is 0. The molecule has 1 aliphatic rings. The molecule has 6 nitrogen and oxygen atoms in total. The third-order valence-corrected chi connectivity index (χ3v) is 5.68. The van der Waals surface area contributed by atoms with E-state index in [1.54, 1.807) is 24.3 Å². The van der Waals surface area contributed by atoms with E-state index in [1.807, 2.05) is 0 Å². The van der Waals surface area contributed by atoms with Gasteiger partial charge in [-0.25, -0.2) is 0 Å². The summed E-state index contributed by atoms with van der Waals surface area (Å²) in [6, 6.07) is 9.43. The number of fused-ring (bicyclic) bond motifs is 1. The van der Waals surface area contributed by atoms with E-state index in [0.29, 0.717) is 35.7 Å². The van der Waals surface area contributed by atoms with Crippen molar-refractivity contribution >= 4 is 22.6 Å².